The highest BCUT2D eigenvalue weighted by molar-refractivity contribution is 5.97. The summed E-state index contributed by atoms with van der Waals surface area (Å²) < 4.78 is 5.32. The molecule has 1 amide bonds. The summed E-state index contributed by atoms with van der Waals surface area (Å²) in [5, 5.41) is 12.9. The number of aryl methyl sites for hydroxylation is 1. The molecule has 2 aromatic rings. The molecule has 0 atom stereocenters. The monoisotopic (exact) mass is 300 g/mol. The molecule has 1 aromatic carbocycles. The molecular formula is C17H20N2O3. The first-order chi connectivity index (χ1) is 10.5. The molecule has 0 radical (unpaired) electrons. The largest absolute Gasteiger partial charge is 0.507 e. The van der Waals surface area contributed by atoms with Crippen LogP contribution in [0.3, 0.4) is 0 Å². The highest BCUT2D eigenvalue weighted by atomic mass is 16.5. The number of carbonyl (C=O) groups excluding carboxylic acids is 1. The normalized spacial score (nSPS) is 10.3. The molecule has 0 fully saturated rings. The predicted octanol–water partition coefficient (Wildman–Crippen LogP) is 2.73. The van der Waals surface area contributed by atoms with Crippen LogP contribution in [0.25, 0.3) is 0 Å². The first kappa shape index (κ1) is 15.8. The summed E-state index contributed by atoms with van der Waals surface area (Å²) in [4.78, 5) is 16.3. The van der Waals surface area contributed by atoms with Crippen molar-refractivity contribution in [3.63, 3.8) is 0 Å². The van der Waals surface area contributed by atoms with Crippen molar-refractivity contribution in [3.8, 4) is 11.6 Å². The zero-order valence-corrected chi connectivity index (χ0v) is 13.0. The number of aromatic hydroxyl groups is 1. The Bertz CT molecular complexity index is 684. The van der Waals surface area contributed by atoms with Gasteiger partial charge in [0.15, 0.2) is 0 Å². The maximum absolute atomic E-state index is 12.2. The summed E-state index contributed by atoms with van der Waals surface area (Å²) in [6, 6.07) is 7.04. The van der Waals surface area contributed by atoms with Crippen molar-refractivity contribution in [2.45, 2.75) is 27.3 Å². The number of ether oxygens (including phenoxy) is 1. The number of hydrogen-bond acceptors (Lipinski definition) is 4. The maximum atomic E-state index is 12.2. The Kier molecular flexibility index (Phi) is 4.99. The van der Waals surface area contributed by atoms with Crippen molar-refractivity contribution in [2.24, 2.45) is 0 Å². The topological polar surface area (TPSA) is 71.5 Å². The number of rotatable bonds is 5. The number of pyridine rings is 1. The first-order valence-corrected chi connectivity index (χ1v) is 7.18. The van der Waals surface area contributed by atoms with Crippen LogP contribution < -0.4 is 10.1 Å². The fourth-order valence-corrected chi connectivity index (χ4v) is 2.05. The Labute approximate surface area is 130 Å². The van der Waals surface area contributed by atoms with E-state index in [0.29, 0.717) is 19.0 Å². The molecule has 22 heavy (non-hydrogen) atoms. The van der Waals surface area contributed by atoms with Crippen LogP contribution in [0.15, 0.2) is 30.5 Å². The number of nitrogens with zero attached hydrogens (tertiary/aromatic N) is 1. The molecular weight excluding hydrogens is 280 g/mol. The second-order valence-corrected chi connectivity index (χ2v) is 5.02. The number of benzene rings is 1. The molecule has 0 bridgehead atoms. The van der Waals surface area contributed by atoms with Crippen LogP contribution in [0, 0.1) is 13.8 Å². The third kappa shape index (κ3) is 3.55. The van der Waals surface area contributed by atoms with Crippen molar-refractivity contribution in [3.05, 3.63) is 52.7 Å². The van der Waals surface area contributed by atoms with E-state index in [2.05, 4.69) is 10.3 Å². The van der Waals surface area contributed by atoms with E-state index in [1.807, 2.05) is 26.0 Å². The quantitative estimate of drug-likeness (QED) is 0.890. The molecule has 0 unspecified atom stereocenters. The summed E-state index contributed by atoms with van der Waals surface area (Å²) in [6.07, 6.45) is 1.64. The molecule has 2 N–H and O–H groups in total. The van der Waals surface area contributed by atoms with E-state index in [4.69, 9.17) is 4.74 Å². The zero-order chi connectivity index (χ0) is 16.1. The first-order valence-electron chi connectivity index (χ1n) is 7.18. The number of hydrogen-bond donors (Lipinski definition) is 2. The van der Waals surface area contributed by atoms with Crippen LogP contribution in [0.5, 0.6) is 11.6 Å². The van der Waals surface area contributed by atoms with Gasteiger partial charge in [-0.3, -0.25) is 4.79 Å². The van der Waals surface area contributed by atoms with Crippen LogP contribution in [0.1, 0.15) is 34.0 Å². The number of aromatic nitrogens is 1. The lowest BCUT2D eigenvalue weighted by atomic mass is 10.0. The lowest BCUT2D eigenvalue weighted by Gasteiger charge is -2.10. The van der Waals surface area contributed by atoms with Gasteiger partial charge in [0, 0.05) is 18.8 Å². The van der Waals surface area contributed by atoms with E-state index >= 15 is 0 Å². The third-order valence-electron chi connectivity index (χ3n) is 3.49. The lowest BCUT2D eigenvalue weighted by molar-refractivity contribution is 0.0948. The van der Waals surface area contributed by atoms with E-state index in [1.54, 1.807) is 25.3 Å². The lowest BCUT2D eigenvalue weighted by Crippen LogP contribution is -2.23. The third-order valence-corrected chi connectivity index (χ3v) is 3.49. The minimum atomic E-state index is -0.310. The molecule has 0 saturated carbocycles. The van der Waals surface area contributed by atoms with Crippen molar-refractivity contribution < 1.29 is 14.6 Å². The van der Waals surface area contributed by atoms with E-state index < -0.39 is 0 Å². The van der Waals surface area contributed by atoms with Gasteiger partial charge in [-0.2, -0.15) is 0 Å². The van der Waals surface area contributed by atoms with E-state index in [-0.39, 0.29) is 17.2 Å². The van der Waals surface area contributed by atoms with Crippen molar-refractivity contribution >= 4 is 5.91 Å². The molecule has 0 aliphatic heterocycles. The summed E-state index contributed by atoms with van der Waals surface area (Å²) in [5.74, 6) is 0.251. The summed E-state index contributed by atoms with van der Waals surface area (Å²) in [6.45, 7) is 6.45. The maximum Gasteiger partial charge on any atom is 0.255 e. The van der Waals surface area contributed by atoms with Crippen molar-refractivity contribution in [1.29, 1.82) is 0 Å². The molecule has 2 rings (SSSR count). The SMILES string of the molecule is CCOc1cc(CNC(=O)c2ccc(C)c(C)c2O)ccn1. The minimum absolute atomic E-state index is 0.0298. The summed E-state index contributed by atoms with van der Waals surface area (Å²) in [7, 11) is 0. The Hall–Kier alpha value is -2.56. The van der Waals surface area contributed by atoms with E-state index in [9.17, 15) is 9.90 Å². The van der Waals surface area contributed by atoms with Gasteiger partial charge in [-0.15, -0.1) is 0 Å². The number of carbonyl (C=O) groups is 1. The smallest absolute Gasteiger partial charge is 0.255 e. The van der Waals surface area contributed by atoms with Gasteiger partial charge in [0.2, 0.25) is 5.88 Å². The predicted molar refractivity (Wildman–Crippen MR) is 84.2 cm³/mol. The Morgan fingerprint density at radius 2 is 2.09 bits per heavy atom. The molecule has 0 aliphatic carbocycles. The molecule has 0 saturated heterocycles. The molecule has 1 aromatic heterocycles. The van der Waals surface area contributed by atoms with Crippen LogP contribution in [0.2, 0.25) is 0 Å². The van der Waals surface area contributed by atoms with Gasteiger partial charge in [-0.25, -0.2) is 4.98 Å². The van der Waals surface area contributed by atoms with Crippen LogP contribution in [0.4, 0.5) is 0 Å². The number of nitrogens with one attached hydrogen (secondary N) is 1. The van der Waals surface area contributed by atoms with Crippen molar-refractivity contribution in [1.82, 2.24) is 10.3 Å². The van der Waals surface area contributed by atoms with E-state index in [1.165, 1.54) is 0 Å². The molecule has 5 nitrogen and oxygen atoms in total. The average molecular weight is 300 g/mol. The van der Waals surface area contributed by atoms with Gasteiger partial charge in [0.1, 0.15) is 5.75 Å². The Balaban J connectivity index is 2.07. The second kappa shape index (κ2) is 6.93. The molecule has 116 valence electrons. The second-order valence-electron chi connectivity index (χ2n) is 5.02. The van der Waals surface area contributed by atoms with E-state index in [0.717, 1.165) is 16.7 Å². The molecule has 1 heterocycles. The number of phenols is 1. The zero-order valence-electron chi connectivity index (χ0n) is 13.0. The van der Waals surface area contributed by atoms with Gasteiger partial charge in [0.05, 0.1) is 12.2 Å². The van der Waals surface area contributed by atoms with Crippen LogP contribution in [-0.2, 0) is 6.54 Å². The van der Waals surface area contributed by atoms with Gasteiger partial charge in [-0.05, 0) is 49.6 Å². The Morgan fingerprint density at radius 3 is 2.82 bits per heavy atom. The Morgan fingerprint density at radius 1 is 1.32 bits per heavy atom. The highest BCUT2D eigenvalue weighted by Crippen LogP contribution is 2.24. The molecule has 0 spiro atoms. The molecule has 5 heteroatoms. The van der Waals surface area contributed by atoms with Crippen LogP contribution in [-0.4, -0.2) is 22.6 Å². The highest BCUT2D eigenvalue weighted by Gasteiger charge is 2.13. The van der Waals surface area contributed by atoms with Crippen LogP contribution >= 0.6 is 0 Å². The fraction of sp³-hybridized carbons (Fsp3) is 0.294. The standard InChI is InChI=1S/C17H20N2O3/c1-4-22-15-9-13(7-8-18-15)10-19-17(21)14-6-5-11(2)12(3)16(14)20/h5-9,20H,4,10H2,1-3H3,(H,19,21). The summed E-state index contributed by atoms with van der Waals surface area (Å²) in [5.41, 5.74) is 2.83. The summed E-state index contributed by atoms with van der Waals surface area (Å²) >= 11 is 0. The van der Waals surface area contributed by atoms with Gasteiger partial charge in [-0.1, -0.05) is 6.07 Å². The average Bonchev–Trinajstić information content (AvgIpc) is 2.51. The van der Waals surface area contributed by atoms with Gasteiger partial charge < -0.3 is 15.2 Å². The van der Waals surface area contributed by atoms with Gasteiger partial charge in [0.25, 0.3) is 5.91 Å². The van der Waals surface area contributed by atoms with Crippen molar-refractivity contribution in [2.75, 3.05) is 6.61 Å². The number of phenolic OH excluding ortho intramolecular Hbond substituents is 1. The van der Waals surface area contributed by atoms with Gasteiger partial charge >= 0.3 is 0 Å². The molecule has 0 aliphatic rings. The number of amides is 1. The minimum Gasteiger partial charge on any atom is -0.507 e. The fourth-order valence-electron chi connectivity index (χ4n) is 2.05.